The predicted molar refractivity (Wildman–Crippen MR) is 68.9 cm³/mol. The molecule has 1 aromatic carbocycles. The molecule has 0 aliphatic heterocycles. The maximum absolute atomic E-state index is 11.0. The number of aryl methyl sites for hydroxylation is 2. The first-order valence-corrected chi connectivity index (χ1v) is 6.23. The Morgan fingerprint density at radius 1 is 1.41 bits per heavy atom. The Bertz CT molecular complexity index is 566. The molecule has 0 aliphatic carbocycles. The van der Waals surface area contributed by atoms with Crippen LogP contribution in [0.2, 0.25) is 5.02 Å². The van der Waals surface area contributed by atoms with Gasteiger partial charge in [0.15, 0.2) is 6.29 Å². The fourth-order valence-electron chi connectivity index (χ4n) is 1.50. The first-order chi connectivity index (χ1) is 8.10. The van der Waals surface area contributed by atoms with E-state index >= 15 is 0 Å². The summed E-state index contributed by atoms with van der Waals surface area (Å²) in [6.07, 6.45) is 0.817. The molecule has 0 radical (unpaired) electrons. The van der Waals surface area contributed by atoms with E-state index in [1.54, 1.807) is 16.8 Å². The third kappa shape index (κ3) is 2.70. The van der Waals surface area contributed by atoms with Crippen molar-refractivity contribution in [3.8, 4) is 0 Å². The molecule has 1 heterocycles. The Balaban J connectivity index is 2.36. The second-order valence-electron chi connectivity index (χ2n) is 3.65. The molecule has 0 saturated heterocycles. The molecule has 0 atom stereocenters. The summed E-state index contributed by atoms with van der Waals surface area (Å²) in [5.41, 5.74) is 1.55. The first kappa shape index (κ1) is 12.2. The highest BCUT2D eigenvalue weighted by Gasteiger charge is 2.08. The van der Waals surface area contributed by atoms with E-state index in [4.69, 9.17) is 11.6 Å². The number of nitrogens with zero attached hydrogens (tertiary/aromatic N) is 2. The van der Waals surface area contributed by atoms with Crippen molar-refractivity contribution in [3.63, 3.8) is 0 Å². The van der Waals surface area contributed by atoms with Gasteiger partial charge >= 0.3 is 0 Å². The molecule has 1 aromatic heterocycles. The zero-order valence-corrected chi connectivity index (χ0v) is 11.0. The minimum absolute atomic E-state index is 0.567. The zero-order valence-electron chi connectivity index (χ0n) is 9.48. The van der Waals surface area contributed by atoms with Crippen LogP contribution in [0.5, 0.6) is 0 Å². The van der Waals surface area contributed by atoms with E-state index in [0.29, 0.717) is 10.6 Å². The van der Waals surface area contributed by atoms with E-state index in [2.05, 4.69) is 5.10 Å². The Morgan fingerprint density at radius 2 is 2.18 bits per heavy atom. The highest BCUT2D eigenvalue weighted by atomic mass is 35.5. The van der Waals surface area contributed by atoms with Gasteiger partial charge < -0.3 is 0 Å². The fraction of sp³-hybridized carbons (Fsp3) is 0.167. The Labute approximate surface area is 109 Å². The molecular weight excluding hydrogens is 256 g/mol. The van der Waals surface area contributed by atoms with E-state index in [9.17, 15) is 4.79 Å². The van der Waals surface area contributed by atoms with Gasteiger partial charge in [-0.1, -0.05) is 23.4 Å². The van der Waals surface area contributed by atoms with Crippen molar-refractivity contribution < 1.29 is 4.79 Å². The van der Waals surface area contributed by atoms with Crippen LogP contribution in [-0.4, -0.2) is 16.1 Å². The van der Waals surface area contributed by atoms with E-state index in [1.165, 1.54) is 11.8 Å². The highest BCUT2D eigenvalue weighted by molar-refractivity contribution is 7.99. The minimum Gasteiger partial charge on any atom is -0.298 e. The van der Waals surface area contributed by atoms with Gasteiger partial charge in [-0.15, -0.1) is 0 Å². The normalized spacial score (nSPS) is 10.5. The van der Waals surface area contributed by atoms with Crippen LogP contribution in [0.4, 0.5) is 0 Å². The second-order valence-corrected chi connectivity index (χ2v) is 5.15. The molecule has 5 heteroatoms. The van der Waals surface area contributed by atoms with Gasteiger partial charge in [0.1, 0.15) is 0 Å². The van der Waals surface area contributed by atoms with Crippen LogP contribution >= 0.6 is 23.4 Å². The van der Waals surface area contributed by atoms with Crippen LogP contribution in [0.1, 0.15) is 16.1 Å². The summed E-state index contributed by atoms with van der Waals surface area (Å²) in [6, 6.07) is 7.27. The van der Waals surface area contributed by atoms with Gasteiger partial charge in [-0.2, -0.15) is 5.10 Å². The Morgan fingerprint density at radius 3 is 2.76 bits per heavy atom. The predicted octanol–water partition coefficient (Wildman–Crippen LogP) is 3.35. The van der Waals surface area contributed by atoms with Crippen LogP contribution in [0, 0.1) is 6.92 Å². The van der Waals surface area contributed by atoms with Gasteiger partial charge in [0, 0.05) is 22.5 Å². The van der Waals surface area contributed by atoms with Crippen molar-refractivity contribution in [1.29, 1.82) is 0 Å². The zero-order chi connectivity index (χ0) is 12.4. The molecule has 17 heavy (non-hydrogen) atoms. The van der Waals surface area contributed by atoms with Crippen LogP contribution in [0.15, 0.2) is 34.2 Å². The molecule has 0 aliphatic rings. The molecule has 0 saturated carbocycles. The largest absolute Gasteiger partial charge is 0.298 e. The smallest absolute Gasteiger partial charge is 0.151 e. The van der Waals surface area contributed by atoms with Crippen molar-refractivity contribution in [3.05, 3.63) is 40.5 Å². The fourth-order valence-corrected chi connectivity index (χ4v) is 2.67. The summed E-state index contributed by atoms with van der Waals surface area (Å²) in [7, 11) is 1.88. The summed E-state index contributed by atoms with van der Waals surface area (Å²) in [5, 5.41) is 5.82. The lowest BCUT2D eigenvalue weighted by molar-refractivity contribution is 0.112. The van der Waals surface area contributed by atoms with E-state index in [1.807, 2.05) is 26.1 Å². The third-order valence-corrected chi connectivity index (χ3v) is 3.69. The number of hydrogen-bond donors (Lipinski definition) is 0. The molecule has 3 nitrogen and oxygen atoms in total. The summed E-state index contributed by atoms with van der Waals surface area (Å²) in [4.78, 5) is 11.8. The van der Waals surface area contributed by atoms with Gasteiger partial charge in [-0.3, -0.25) is 9.48 Å². The lowest BCUT2D eigenvalue weighted by atomic mass is 10.2. The monoisotopic (exact) mass is 266 g/mol. The van der Waals surface area contributed by atoms with Crippen LogP contribution < -0.4 is 0 Å². The number of carbonyl (C=O) groups excluding carboxylic acids is 1. The van der Waals surface area contributed by atoms with Crippen molar-refractivity contribution in [2.45, 2.75) is 16.8 Å². The van der Waals surface area contributed by atoms with E-state index in [0.717, 1.165) is 21.9 Å². The summed E-state index contributed by atoms with van der Waals surface area (Å²) < 4.78 is 1.79. The third-order valence-electron chi connectivity index (χ3n) is 2.27. The minimum atomic E-state index is 0.567. The number of halogens is 1. The number of carbonyl (C=O) groups is 1. The summed E-state index contributed by atoms with van der Waals surface area (Å²) >= 11 is 7.35. The molecule has 0 N–H and O–H groups in total. The van der Waals surface area contributed by atoms with Crippen LogP contribution in [0.25, 0.3) is 0 Å². The van der Waals surface area contributed by atoms with Gasteiger partial charge in [-0.05, 0) is 31.2 Å². The number of benzene rings is 1. The Kier molecular flexibility index (Phi) is 3.54. The van der Waals surface area contributed by atoms with E-state index < -0.39 is 0 Å². The highest BCUT2D eigenvalue weighted by Crippen LogP contribution is 2.31. The first-order valence-electron chi connectivity index (χ1n) is 5.03. The van der Waals surface area contributed by atoms with Crippen molar-refractivity contribution in [2.75, 3.05) is 0 Å². The van der Waals surface area contributed by atoms with Crippen molar-refractivity contribution in [2.24, 2.45) is 7.05 Å². The molecule has 2 rings (SSSR count). The molecular formula is C12H11ClN2OS. The number of hydrogen-bond acceptors (Lipinski definition) is 3. The van der Waals surface area contributed by atoms with Gasteiger partial charge in [0.2, 0.25) is 0 Å². The number of rotatable bonds is 3. The molecule has 2 aromatic rings. The van der Waals surface area contributed by atoms with Gasteiger partial charge in [-0.25, -0.2) is 0 Å². The Hall–Kier alpha value is -1.26. The van der Waals surface area contributed by atoms with Gasteiger partial charge in [0.05, 0.1) is 10.7 Å². The molecule has 88 valence electrons. The lowest BCUT2D eigenvalue weighted by Gasteiger charge is -2.04. The molecule has 0 unspecified atom stereocenters. The maximum atomic E-state index is 11.0. The summed E-state index contributed by atoms with van der Waals surface area (Å²) in [5.74, 6) is 0. The maximum Gasteiger partial charge on any atom is 0.151 e. The SMILES string of the molecule is Cc1cc(Sc2ccc(Cl)cc2C=O)n(C)n1. The lowest BCUT2D eigenvalue weighted by Crippen LogP contribution is -1.93. The van der Waals surface area contributed by atoms with Crippen LogP contribution in [0.3, 0.4) is 0 Å². The molecule has 0 amide bonds. The van der Waals surface area contributed by atoms with Gasteiger partial charge in [0.25, 0.3) is 0 Å². The molecule has 0 bridgehead atoms. The van der Waals surface area contributed by atoms with Crippen LogP contribution in [-0.2, 0) is 7.05 Å². The molecule has 0 spiro atoms. The quantitative estimate of drug-likeness (QED) is 0.799. The second kappa shape index (κ2) is 4.94. The average molecular weight is 267 g/mol. The van der Waals surface area contributed by atoms with E-state index in [-0.39, 0.29) is 0 Å². The summed E-state index contributed by atoms with van der Waals surface area (Å²) in [6.45, 7) is 1.94. The number of aldehydes is 1. The average Bonchev–Trinajstić information content (AvgIpc) is 2.60. The molecule has 0 fully saturated rings. The topological polar surface area (TPSA) is 34.9 Å². The number of aromatic nitrogens is 2. The van der Waals surface area contributed by atoms with Crippen molar-refractivity contribution >= 4 is 29.6 Å². The van der Waals surface area contributed by atoms with Crippen molar-refractivity contribution in [1.82, 2.24) is 9.78 Å². The standard InChI is InChI=1S/C12H11ClN2OS/c1-8-5-12(15(2)14-8)17-11-4-3-10(13)6-9(11)7-16/h3-7H,1-2H3.